The predicted molar refractivity (Wildman–Crippen MR) is 364 cm³/mol. The molecule has 2 atom stereocenters. The number of aliphatic carboxylic acids is 3. The molecule has 33 heteroatoms. The zero-order valence-corrected chi connectivity index (χ0v) is 59.4. The number of Topliss-reactive ketones (excluding diaryl/α,β-unsaturated/α-hetero) is 1. The molecule has 6 rings (SSSR count). The molecule has 0 fully saturated rings. The van der Waals surface area contributed by atoms with Crippen LogP contribution >= 0.6 is 0 Å². The monoisotopic (exact) mass is 1470 g/mol. The number of carboxylic acids is 3. The predicted octanol–water partition coefficient (Wildman–Crippen LogP) is 7.69. The lowest BCUT2D eigenvalue weighted by atomic mass is 9.81. The summed E-state index contributed by atoms with van der Waals surface area (Å²) in [5.41, 5.74) is 7.96. The van der Waals surface area contributed by atoms with Gasteiger partial charge in [-0.2, -0.15) is 31.0 Å². The summed E-state index contributed by atoms with van der Waals surface area (Å²) in [6, 6.07) is 20.2. The van der Waals surface area contributed by atoms with Crippen molar-refractivity contribution in [3.8, 4) is 5.75 Å². The number of carboxylic acid groups (broad SMARTS) is 3. The third-order valence-corrected chi connectivity index (χ3v) is 18.1. The van der Waals surface area contributed by atoms with Crippen LogP contribution in [0.4, 0.5) is 16.2 Å². The lowest BCUT2D eigenvalue weighted by Gasteiger charge is -2.27. The number of fused-ring (bicyclic) bond motifs is 2. The number of carbonyl (C=O) groups is 6. The summed E-state index contributed by atoms with van der Waals surface area (Å²) < 4.78 is 125. The SMILES string of the molecule is CC1(C)C(/C=C/C2=C(Oc3ccc(C[C@H](NC(=O)CCCCCCCCC(=O)CC[C@H](NC(=O)NCCCC(=O)O)C(=O)O)C(=O)O)cc3)C(=C/C=C3/N(CCCCS(=O)(=O)O)c4ccccc4C3(C)C)/CCC2)=[N+](CCCCS(=O)(=O)O)c2ccccc21.O=C=O.O=S(=O)=O.O=S(=O)=O. The van der Waals surface area contributed by atoms with Gasteiger partial charge < -0.3 is 40.9 Å². The van der Waals surface area contributed by atoms with Gasteiger partial charge >= 0.3 is 51.3 Å². The van der Waals surface area contributed by atoms with Crippen molar-refractivity contribution in [2.75, 3.05) is 36.0 Å². The fraction of sp³-hybridized carbons (Fsp3) is 0.493. The number of amides is 3. The van der Waals surface area contributed by atoms with E-state index in [1.807, 2.05) is 24.3 Å². The summed E-state index contributed by atoms with van der Waals surface area (Å²) >= 11 is 0. The Bertz CT molecular complexity index is 3990. The number of hydrogen-bond acceptors (Lipinski definition) is 20. The lowest BCUT2D eigenvalue weighted by molar-refractivity contribution is -0.438. The first-order valence-electron chi connectivity index (χ1n) is 32.2. The van der Waals surface area contributed by atoms with Crippen molar-refractivity contribution in [2.24, 2.45) is 0 Å². The van der Waals surface area contributed by atoms with Crippen molar-refractivity contribution >= 4 is 100 Å². The molecule has 0 unspecified atom stereocenters. The van der Waals surface area contributed by atoms with E-state index in [4.69, 9.17) is 44.7 Å². The topological polar surface area (TPSA) is 460 Å². The second-order valence-corrected chi connectivity index (χ2v) is 28.6. The zero-order valence-electron chi connectivity index (χ0n) is 56.1. The number of anilines is 1. The Hall–Kier alpha value is -8.85. The molecule has 0 saturated heterocycles. The number of ether oxygens (including phenoxy) is 1. The van der Waals surface area contributed by atoms with Gasteiger partial charge in [0.2, 0.25) is 11.6 Å². The number of nitrogens with zero attached hydrogens (tertiary/aromatic N) is 2. The van der Waals surface area contributed by atoms with Gasteiger partial charge in [0.15, 0.2) is 5.71 Å². The summed E-state index contributed by atoms with van der Waals surface area (Å²) in [6.07, 6.45) is 16.9. The van der Waals surface area contributed by atoms with E-state index in [2.05, 4.69) is 102 Å². The third kappa shape index (κ3) is 30.7. The van der Waals surface area contributed by atoms with Gasteiger partial charge in [0.1, 0.15) is 35.9 Å². The van der Waals surface area contributed by atoms with Crippen molar-refractivity contribution in [3.63, 3.8) is 0 Å². The number of para-hydroxylation sites is 2. The fourth-order valence-electron chi connectivity index (χ4n) is 11.8. The van der Waals surface area contributed by atoms with E-state index in [-0.39, 0.29) is 93.7 Å². The molecule has 0 bridgehead atoms. The number of benzene rings is 3. The molecular formula is C67H88N5O24S4+. The summed E-state index contributed by atoms with van der Waals surface area (Å²) in [5, 5.41) is 35.8. The molecule has 3 aliphatic rings. The molecule has 100 heavy (non-hydrogen) atoms. The van der Waals surface area contributed by atoms with E-state index < -0.39 is 88.3 Å². The Morgan fingerprint density at radius 1 is 0.640 bits per heavy atom. The van der Waals surface area contributed by atoms with E-state index in [0.29, 0.717) is 75.1 Å². The molecule has 3 amide bonds. The summed E-state index contributed by atoms with van der Waals surface area (Å²) in [4.78, 5) is 90.9. The maximum atomic E-state index is 13.1. The number of carbonyl (C=O) groups excluding carboxylic acids is 5. The van der Waals surface area contributed by atoms with Gasteiger partial charge in [-0.1, -0.05) is 94.1 Å². The molecule has 548 valence electrons. The first-order valence-corrected chi connectivity index (χ1v) is 37.4. The summed E-state index contributed by atoms with van der Waals surface area (Å²) in [7, 11) is -14.5. The molecule has 2 heterocycles. The van der Waals surface area contributed by atoms with Gasteiger partial charge in [-0.05, 0) is 131 Å². The van der Waals surface area contributed by atoms with Crippen molar-refractivity contribution in [3.05, 3.63) is 136 Å². The number of rotatable bonds is 37. The lowest BCUT2D eigenvalue weighted by Crippen LogP contribution is -2.46. The second kappa shape index (κ2) is 42.3. The quantitative estimate of drug-likeness (QED) is 0.0156. The first-order chi connectivity index (χ1) is 47.0. The molecular weight excluding hydrogens is 1390 g/mol. The molecule has 0 aromatic heterocycles. The minimum absolute atomic E-state index is 0.0159. The normalized spacial score (nSPS) is 15.6. The smallest absolute Gasteiger partial charge is 0.425 e. The van der Waals surface area contributed by atoms with Crippen LogP contribution in [0.25, 0.3) is 0 Å². The minimum Gasteiger partial charge on any atom is -0.481 e. The number of allylic oxidation sites excluding steroid dienone is 7. The van der Waals surface area contributed by atoms with E-state index in [1.165, 1.54) is 0 Å². The minimum atomic E-state index is -4.12. The second-order valence-electron chi connectivity index (χ2n) is 24.6. The maximum absolute atomic E-state index is 13.1. The fourth-order valence-corrected chi connectivity index (χ4v) is 12.9. The van der Waals surface area contributed by atoms with Crippen molar-refractivity contribution in [1.82, 2.24) is 16.0 Å². The molecule has 2 aliphatic heterocycles. The van der Waals surface area contributed by atoms with Crippen LogP contribution < -0.4 is 25.6 Å². The zero-order chi connectivity index (χ0) is 74.8. The van der Waals surface area contributed by atoms with E-state index >= 15 is 0 Å². The summed E-state index contributed by atoms with van der Waals surface area (Å²) in [5.74, 6) is -3.51. The third-order valence-electron chi connectivity index (χ3n) is 16.5. The van der Waals surface area contributed by atoms with Gasteiger partial charge in [0, 0.05) is 86.1 Å². The Morgan fingerprint density at radius 2 is 1.20 bits per heavy atom. The van der Waals surface area contributed by atoms with Crippen molar-refractivity contribution in [2.45, 2.75) is 179 Å². The molecule has 1 aliphatic carbocycles. The number of ketones is 1. The van der Waals surface area contributed by atoms with Crippen molar-refractivity contribution in [1.29, 1.82) is 0 Å². The highest BCUT2D eigenvalue weighted by atomic mass is 32.2. The van der Waals surface area contributed by atoms with Crippen LogP contribution in [-0.2, 0) is 92.3 Å². The number of unbranched alkanes of at least 4 members (excludes halogenated alkanes) is 7. The van der Waals surface area contributed by atoms with Crippen LogP contribution in [0.5, 0.6) is 5.75 Å². The molecule has 0 spiro atoms. The maximum Gasteiger partial charge on any atom is 0.425 e. The van der Waals surface area contributed by atoms with Gasteiger partial charge in [0.25, 0.3) is 20.2 Å². The van der Waals surface area contributed by atoms with Crippen LogP contribution in [0.2, 0.25) is 0 Å². The van der Waals surface area contributed by atoms with E-state index in [0.717, 1.165) is 70.7 Å². The molecule has 29 nitrogen and oxygen atoms in total. The molecule has 3 aromatic carbocycles. The Labute approximate surface area is 584 Å². The molecule has 3 aromatic rings. The van der Waals surface area contributed by atoms with Gasteiger partial charge in [-0.15, -0.1) is 25.3 Å². The van der Waals surface area contributed by atoms with Gasteiger partial charge in [-0.3, -0.25) is 23.5 Å². The van der Waals surface area contributed by atoms with E-state index in [1.54, 1.807) is 24.3 Å². The number of nitrogens with one attached hydrogen (secondary N) is 3. The van der Waals surface area contributed by atoms with E-state index in [9.17, 15) is 64.9 Å². The average molecular weight is 1480 g/mol. The largest absolute Gasteiger partial charge is 0.481 e. The van der Waals surface area contributed by atoms with Crippen LogP contribution in [0, 0.1) is 0 Å². The number of urea groups is 1. The van der Waals surface area contributed by atoms with Crippen molar-refractivity contribution < 1.29 is 114 Å². The highest BCUT2D eigenvalue weighted by Crippen LogP contribution is 2.48. The molecule has 0 radical (unpaired) electrons. The van der Waals surface area contributed by atoms with Gasteiger partial charge in [0.05, 0.1) is 16.9 Å². The van der Waals surface area contributed by atoms with Crippen LogP contribution in [-0.4, -0.2) is 162 Å². The average Bonchev–Trinajstić information content (AvgIpc) is 1.60. The standard InChI is InChI=1S/C66H87N5O16S2.CO2.2O3S/c1-65(2)51-24-11-13-26-55(51)70(41-15-17-43-88(81,82)83)57(65)38-32-47-21-19-22-48(33-39-58-66(3,4)52-25-12-14-27-56(52)71(58)42-16-18-44-89(84,85)86)61(47)87-50-35-30-46(31-36-50)45-54(63(78)79)68-59(73)28-10-8-6-5-7-9-23-49(72)34-37-53(62(76)77)69-64(80)67-40-20-29-60(74)75;2-1-3;2*1-4(2)3/h11-14,24-27,30-33,35-36,38-39,53-54H,5-10,15-23,28-29,34,37,40-45H2,1-4H3,(H7-,67,68,69,73,74,75,76,77,78,79,80,81,82,83,84,85,86);;;/p+1/t53-,54-;;;/m0.../s1. The van der Waals surface area contributed by atoms with Crippen LogP contribution in [0.3, 0.4) is 0 Å². The molecule has 8 N–H and O–H groups in total. The first kappa shape index (κ1) is 85.4. The van der Waals surface area contributed by atoms with Gasteiger partial charge in [-0.25, -0.2) is 14.4 Å². The van der Waals surface area contributed by atoms with Crippen LogP contribution in [0.15, 0.2) is 120 Å². The molecule has 0 saturated carbocycles. The Kier molecular flexibility index (Phi) is 36.1. The highest BCUT2D eigenvalue weighted by molar-refractivity contribution is 7.86. The Morgan fingerprint density at radius 3 is 1.79 bits per heavy atom. The number of hydrogen-bond donors (Lipinski definition) is 8. The van der Waals surface area contributed by atoms with Crippen LogP contribution in [0.1, 0.15) is 166 Å². The highest BCUT2D eigenvalue weighted by Gasteiger charge is 2.44. The Balaban J connectivity index is 0.00000220. The summed E-state index contributed by atoms with van der Waals surface area (Å²) in [6.45, 7) is 9.73.